The van der Waals surface area contributed by atoms with Gasteiger partial charge in [0, 0.05) is 6.04 Å². The van der Waals surface area contributed by atoms with Crippen LogP contribution in [0.3, 0.4) is 0 Å². The molecule has 1 aliphatic heterocycles. The Hall–Kier alpha value is -1.40. The third kappa shape index (κ3) is 1.91. The zero-order chi connectivity index (χ0) is 9.80. The van der Waals surface area contributed by atoms with E-state index in [1.807, 2.05) is 12.1 Å². The molecule has 1 aliphatic rings. The molecule has 1 fully saturated rings. The topological polar surface area (TPSA) is 48.7 Å². The third-order valence-corrected chi connectivity index (χ3v) is 2.55. The van der Waals surface area contributed by atoms with E-state index in [9.17, 15) is 0 Å². The molecule has 0 aliphatic carbocycles. The zero-order valence-electron chi connectivity index (χ0n) is 8.03. The third-order valence-electron chi connectivity index (χ3n) is 2.55. The van der Waals surface area contributed by atoms with Crippen LogP contribution in [0, 0.1) is 11.3 Å². The molecule has 0 saturated carbocycles. The van der Waals surface area contributed by atoms with Crippen LogP contribution in [0.15, 0.2) is 18.2 Å². The number of pyridine rings is 1. The van der Waals surface area contributed by atoms with E-state index in [-0.39, 0.29) is 0 Å². The minimum absolute atomic E-state index is 0.344. The number of nitrogens with zero attached hydrogens (tertiary/aromatic N) is 2. The predicted molar refractivity (Wildman–Crippen MR) is 53.5 cm³/mol. The maximum absolute atomic E-state index is 8.73. The summed E-state index contributed by atoms with van der Waals surface area (Å²) >= 11 is 0. The molecule has 3 heteroatoms. The molecular weight excluding hydrogens is 174 g/mol. The fraction of sp³-hybridized carbons (Fsp3) is 0.455. The number of hydrogen-bond acceptors (Lipinski definition) is 3. The van der Waals surface area contributed by atoms with Crippen LogP contribution in [-0.2, 0) is 0 Å². The lowest BCUT2D eigenvalue weighted by atomic mass is 10.0. The monoisotopic (exact) mass is 187 g/mol. The Balaban J connectivity index is 2.18. The van der Waals surface area contributed by atoms with Crippen molar-refractivity contribution in [3.63, 3.8) is 0 Å². The van der Waals surface area contributed by atoms with Crippen molar-refractivity contribution >= 4 is 0 Å². The summed E-state index contributed by atoms with van der Waals surface area (Å²) in [6, 6.07) is 8.04. The Kier molecular flexibility index (Phi) is 2.76. The Labute approximate surface area is 83.8 Å². The van der Waals surface area contributed by atoms with Gasteiger partial charge in [-0.05, 0) is 31.5 Å². The van der Waals surface area contributed by atoms with Gasteiger partial charge in [0.25, 0.3) is 0 Å². The molecule has 2 heterocycles. The second-order valence-corrected chi connectivity index (χ2v) is 3.56. The van der Waals surface area contributed by atoms with E-state index in [1.165, 1.54) is 12.8 Å². The number of hydrogen-bond donors (Lipinski definition) is 1. The summed E-state index contributed by atoms with van der Waals surface area (Å²) in [5.41, 5.74) is 1.51. The van der Waals surface area contributed by atoms with Crippen molar-refractivity contribution in [1.82, 2.24) is 10.3 Å². The first-order valence-electron chi connectivity index (χ1n) is 5.00. The largest absolute Gasteiger partial charge is 0.309 e. The Morgan fingerprint density at radius 1 is 1.43 bits per heavy atom. The summed E-state index contributed by atoms with van der Waals surface area (Å²) in [5, 5.41) is 12.1. The van der Waals surface area contributed by atoms with E-state index in [4.69, 9.17) is 5.26 Å². The van der Waals surface area contributed by atoms with E-state index >= 15 is 0 Å². The smallest absolute Gasteiger partial charge is 0.140 e. The van der Waals surface area contributed by atoms with Crippen LogP contribution in [0.2, 0.25) is 0 Å². The van der Waals surface area contributed by atoms with Gasteiger partial charge < -0.3 is 5.32 Å². The number of aromatic nitrogens is 1. The maximum atomic E-state index is 8.73. The molecule has 0 spiro atoms. The van der Waals surface area contributed by atoms with Gasteiger partial charge >= 0.3 is 0 Å². The molecule has 0 radical (unpaired) electrons. The molecule has 1 N–H and O–H groups in total. The van der Waals surface area contributed by atoms with Crippen LogP contribution in [0.25, 0.3) is 0 Å². The van der Waals surface area contributed by atoms with Gasteiger partial charge in [-0.3, -0.25) is 0 Å². The van der Waals surface area contributed by atoms with Gasteiger partial charge in [-0.15, -0.1) is 0 Å². The first kappa shape index (κ1) is 9.17. The maximum Gasteiger partial charge on any atom is 0.140 e. The van der Waals surface area contributed by atoms with Crippen molar-refractivity contribution in [2.45, 2.75) is 25.3 Å². The van der Waals surface area contributed by atoms with Crippen molar-refractivity contribution in [3.05, 3.63) is 29.6 Å². The molecule has 72 valence electrons. The highest BCUT2D eigenvalue weighted by Crippen LogP contribution is 2.20. The molecule has 2 rings (SSSR count). The second kappa shape index (κ2) is 4.21. The number of nitrogens with one attached hydrogen (secondary N) is 1. The van der Waals surface area contributed by atoms with Crippen LogP contribution in [0.5, 0.6) is 0 Å². The standard InChI is InChI=1S/C11H13N3/c12-8-9-4-3-6-11(14-9)10-5-1-2-7-13-10/h3-4,6,10,13H,1-2,5,7H2/t10-/m0/s1. The van der Waals surface area contributed by atoms with E-state index in [0.29, 0.717) is 11.7 Å². The van der Waals surface area contributed by atoms with Crippen LogP contribution in [0.1, 0.15) is 36.7 Å². The number of piperidine rings is 1. The minimum Gasteiger partial charge on any atom is -0.309 e. The van der Waals surface area contributed by atoms with Gasteiger partial charge in [0.1, 0.15) is 11.8 Å². The van der Waals surface area contributed by atoms with Gasteiger partial charge in [0.15, 0.2) is 0 Å². The molecule has 3 nitrogen and oxygen atoms in total. The molecular formula is C11H13N3. The highest BCUT2D eigenvalue weighted by molar-refractivity contribution is 5.23. The van der Waals surface area contributed by atoms with Gasteiger partial charge in [-0.1, -0.05) is 12.5 Å². The summed E-state index contributed by atoms with van der Waals surface area (Å²) in [5.74, 6) is 0. The molecule has 0 aromatic carbocycles. The van der Waals surface area contributed by atoms with Crippen LogP contribution < -0.4 is 5.32 Å². The average Bonchev–Trinajstić information content (AvgIpc) is 2.30. The first-order chi connectivity index (χ1) is 6.90. The quantitative estimate of drug-likeness (QED) is 0.728. The van der Waals surface area contributed by atoms with Crippen molar-refractivity contribution in [2.24, 2.45) is 0 Å². The number of rotatable bonds is 1. The predicted octanol–water partition coefficient (Wildman–Crippen LogP) is 1.77. The first-order valence-corrected chi connectivity index (χ1v) is 5.00. The second-order valence-electron chi connectivity index (χ2n) is 3.56. The molecule has 1 aromatic rings. The van der Waals surface area contributed by atoms with E-state index in [1.54, 1.807) is 6.07 Å². The molecule has 0 unspecified atom stereocenters. The minimum atomic E-state index is 0.344. The summed E-state index contributed by atoms with van der Waals surface area (Å²) in [4.78, 5) is 4.29. The Morgan fingerprint density at radius 3 is 3.07 bits per heavy atom. The van der Waals surface area contributed by atoms with Crippen molar-refractivity contribution in [3.8, 4) is 6.07 Å². The van der Waals surface area contributed by atoms with E-state index in [0.717, 1.165) is 18.7 Å². The lowest BCUT2D eigenvalue weighted by Gasteiger charge is -2.22. The molecule has 1 aromatic heterocycles. The van der Waals surface area contributed by atoms with Crippen LogP contribution >= 0.6 is 0 Å². The average molecular weight is 187 g/mol. The van der Waals surface area contributed by atoms with Crippen molar-refractivity contribution < 1.29 is 0 Å². The van der Waals surface area contributed by atoms with Crippen molar-refractivity contribution in [2.75, 3.05) is 6.54 Å². The SMILES string of the molecule is N#Cc1cccc([C@@H]2CCCCN2)n1. The number of nitriles is 1. The lowest BCUT2D eigenvalue weighted by Crippen LogP contribution is -2.27. The van der Waals surface area contributed by atoms with Crippen molar-refractivity contribution in [1.29, 1.82) is 5.26 Å². The van der Waals surface area contributed by atoms with E-state index in [2.05, 4.69) is 16.4 Å². The molecule has 1 saturated heterocycles. The zero-order valence-corrected chi connectivity index (χ0v) is 8.03. The van der Waals surface area contributed by atoms with Gasteiger partial charge in [0.05, 0.1) is 5.69 Å². The van der Waals surface area contributed by atoms with Gasteiger partial charge in [0.2, 0.25) is 0 Å². The summed E-state index contributed by atoms with van der Waals surface area (Å²) in [6.45, 7) is 1.06. The normalized spacial score (nSPS) is 21.5. The highest BCUT2D eigenvalue weighted by Gasteiger charge is 2.15. The lowest BCUT2D eigenvalue weighted by molar-refractivity contribution is 0.405. The molecule has 0 bridgehead atoms. The molecule has 0 amide bonds. The van der Waals surface area contributed by atoms with Gasteiger partial charge in [-0.2, -0.15) is 5.26 Å². The molecule has 14 heavy (non-hydrogen) atoms. The summed E-state index contributed by atoms with van der Waals surface area (Å²) in [6.07, 6.45) is 3.62. The molecule has 1 atom stereocenters. The fourth-order valence-corrected chi connectivity index (χ4v) is 1.81. The summed E-state index contributed by atoms with van der Waals surface area (Å²) in [7, 11) is 0. The van der Waals surface area contributed by atoms with Crippen LogP contribution in [-0.4, -0.2) is 11.5 Å². The van der Waals surface area contributed by atoms with Gasteiger partial charge in [-0.25, -0.2) is 4.98 Å². The summed E-state index contributed by atoms with van der Waals surface area (Å²) < 4.78 is 0. The van der Waals surface area contributed by atoms with E-state index < -0.39 is 0 Å². The highest BCUT2D eigenvalue weighted by atomic mass is 14.9. The van der Waals surface area contributed by atoms with Crippen LogP contribution in [0.4, 0.5) is 0 Å². The Bertz CT molecular complexity index is 348. The fourth-order valence-electron chi connectivity index (χ4n) is 1.81. The Morgan fingerprint density at radius 2 is 2.36 bits per heavy atom.